The molecule has 15 heavy (non-hydrogen) atoms. The van der Waals surface area contributed by atoms with Gasteiger partial charge < -0.3 is 10.2 Å². The molecule has 0 spiro atoms. The molecule has 2 aliphatic rings. The van der Waals surface area contributed by atoms with Crippen LogP contribution in [0.5, 0.6) is 0 Å². The van der Waals surface area contributed by atoms with E-state index < -0.39 is 0 Å². The molecular formula is C13H26N2. The van der Waals surface area contributed by atoms with Gasteiger partial charge in [0.2, 0.25) is 0 Å². The number of hydrogen-bond donors (Lipinski definition) is 1. The van der Waals surface area contributed by atoms with Crippen molar-refractivity contribution in [1.29, 1.82) is 0 Å². The monoisotopic (exact) mass is 210 g/mol. The summed E-state index contributed by atoms with van der Waals surface area (Å²) in [5.41, 5.74) is 0.546. The van der Waals surface area contributed by atoms with E-state index in [9.17, 15) is 0 Å². The Morgan fingerprint density at radius 1 is 1.40 bits per heavy atom. The first kappa shape index (κ1) is 11.4. The zero-order chi connectivity index (χ0) is 10.9. The fraction of sp³-hybridized carbons (Fsp3) is 1.00. The van der Waals surface area contributed by atoms with Crippen molar-refractivity contribution < 1.29 is 0 Å². The predicted molar refractivity (Wildman–Crippen MR) is 65.0 cm³/mol. The normalized spacial score (nSPS) is 32.6. The molecule has 1 saturated heterocycles. The third-order valence-corrected chi connectivity index (χ3v) is 4.76. The lowest BCUT2D eigenvalue weighted by Crippen LogP contribution is -2.47. The lowest BCUT2D eigenvalue weighted by molar-refractivity contribution is 0.0747. The van der Waals surface area contributed by atoms with Crippen LogP contribution in [0.4, 0.5) is 0 Å². The third-order valence-electron chi connectivity index (χ3n) is 4.76. The van der Waals surface area contributed by atoms with Gasteiger partial charge in [0.25, 0.3) is 0 Å². The van der Waals surface area contributed by atoms with Gasteiger partial charge in [-0.25, -0.2) is 0 Å². The Labute approximate surface area is 94.4 Å². The van der Waals surface area contributed by atoms with Crippen LogP contribution >= 0.6 is 0 Å². The van der Waals surface area contributed by atoms with Crippen molar-refractivity contribution in [3.8, 4) is 0 Å². The van der Waals surface area contributed by atoms with E-state index >= 15 is 0 Å². The molecule has 1 unspecified atom stereocenters. The largest absolute Gasteiger partial charge is 0.316 e. The molecule has 1 N–H and O–H groups in total. The van der Waals surface area contributed by atoms with Crippen LogP contribution in [0.3, 0.4) is 0 Å². The third kappa shape index (κ3) is 2.21. The molecule has 2 heteroatoms. The van der Waals surface area contributed by atoms with Gasteiger partial charge in [-0.05, 0) is 44.2 Å². The van der Waals surface area contributed by atoms with E-state index in [0.717, 1.165) is 12.0 Å². The fourth-order valence-electron chi connectivity index (χ4n) is 3.03. The second-order valence-corrected chi connectivity index (χ2v) is 5.94. The SMILES string of the molecule is CC(C)C1(CN(C)C2CCC2)CCNC1. The van der Waals surface area contributed by atoms with Crippen molar-refractivity contribution in [3.05, 3.63) is 0 Å². The van der Waals surface area contributed by atoms with Gasteiger partial charge in [0.15, 0.2) is 0 Å². The molecule has 1 aliphatic heterocycles. The van der Waals surface area contributed by atoms with E-state index in [1.165, 1.54) is 45.3 Å². The van der Waals surface area contributed by atoms with Gasteiger partial charge in [-0.15, -0.1) is 0 Å². The zero-order valence-electron chi connectivity index (χ0n) is 10.6. The molecule has 0 radical (unpaired) electrons. The minimum atomic E-state index is 0.546. The molecule has 0 aromatic heterocycles. The Morgan fingerprint density at radius 3 is 2.53 bits per heavy atom. The number of rotatable bonds is 4. The van der Waals surface area contributed by atoms with Crippen molar-refractivity contribution in [2.24, 2.45) is 11.3 Å². The van der Waals surface area contributed by atoms with E-state index in [-0.39, 0.29) is 0 Å². The van der Waals surface area contributed by atoms with Gasteiger partial charge in [-0.1, -0.05) is 20.3 Å². The Hall–Kier alpha value is -0.0800. The van der Waals surface area contributed by atoms with Crippen LogP contribution < -0.4 is 5.32 Å². The van der Waals surface area contributed by atoms with E-state index in [1.807, 2.05) is 0 Å². The molecule has 0 amide bonds. The van der Waals surface area contributed by atoms with Crippen molar-refractivity contribution in [3.63, 3.8) is 0 Å². The Balaban J connectivity index is 1.93. The van der Waals surface area contributed by atoms with Crippen LogP contribution in [0.2, 0.25) is 0 Å². The zero-order valence-corrected chi connectivity index (χ0v) is 10.6. The van der Waals surface area contributed by atoms with Crippen LogP contribution in [-0.4, -0.2) is 37.6 Å². The highest BCUT2D eigenvalue weighted by Crippen LogP contribution is 2.36. The summed E-state index contributed by atoms with van der Waals surface area (Å²) in [5.74, 6) is 0.801. The Bertz CT molecular complexity index is 203. The summed E-state index contributed by atoms with van der Waals surface area (Å²) in [4.78, 5) is 2.62. The van der Waals surface area contributed by atoms with Crippen molar-refractivity contribution >= 4 is 0 Å². The molecule has 1 heterocycles. The molecule has 2 nitrogen and oxygen atoms in total. The minimum absolute atomic E-state index is 0.546. The molecule has 1 saturated carbocycles. The van der Waals surface area contributed by atoms with E-state index in [2.05, 4.69) is 31.1 Å². The molecule has 0 bridgehead atoms. The van der Waals surface area contributed by atoms with Crippen LogP contribution in [0, 0.1) is 11.3 Å². The molecule has 1 atom stereocenters. The van der Waals surface area contributed by atoms with Gasteiger partial charge in [-0.2, -0.15) is 0 Å². The topological polar surface area (TPSA) is 15.3 Å². The lowest BCUT2D eigenvalue weighted by atomic mass is 9.75. The summed E-state index contributed by atoms with van der Waals surface area (Å²) >= 11 is 0. The first-order valence-corrected chi connectivity index (χ1v) is 6.55. The number of nitrogens with one attached hydrogen (secondary N) is 1. The second kappa shape index (κ2) is 4.42. The average molecular weight is 210 g/mol. The molecule has 1 aliphatic carbocycles. The first-order chi connectivity index (χ1) is 7.14. The van der Waals surface area contributed by atoms with Crippen molar-refractivity contribution in [1.82, 2.24) is 10.2 Å². The molecule has 2 rings (SSSR count). The van der Waals surface area contributed by atoms with Gasteiger partial charge in [-0.3, -0.25) is 0 Å². The maximum atomic E-state index is 3.55. The molecular weight excluding hydrogens is 184 g/mol. The van der Waals surface area contributed by atoms with Crippen LogP contribution in [0.15, 0.2) is 0 Å². The molecule has 0 aromatic carbocycles. The average Bonchev–Trinajstić information content (AvgIpc) is 2.50. The molecule has 0 aromatic rings. The summed E-state index contributed by atoms with van der Waals surface area (Å²) in [6.07, 6.45) is 5.67. The predicted octanol–water partition coefficient (Wildman–Crippen LogP) is 2.11. The number of hydrogen-bond acceptors (Lipinski definition) is 2. The van der Waals surface area contributed by atoms with Crippen molar-refractivity contribution in [2.45, 2.75) is 45.6 Å². The Kier molecular flexibility index (Phi) is 3.36. The summed E-state index contributed by atoms with van der Waals surface area (Å²) in [6.45, 7) is 8.52. The van der Waals surface area contributed by atoms with Gasteiger partial charge in [0.05, 0.1) is 0 Å². The van der Waals surface area contributed by atoms with E-state index in [1.54, 1.807) is 0 Å². The van der Waals surface area contributed by atoms with Crippen LogP contribution in [-0.2, 0) is 0 Å². The van der Waals surface area contributed by atoms with Crippen LogP contribution in [0.25, 0.3) is 0 Å². The summed E-state index contributed by atoms with van der Waals surface area (Å²) in [6, 6.07) is 0.890. The van der Waals surface area contributed by atoms with Gasteiger partial charge >= 0.3 is 0 Å². The maximum absolute atomic E-state index is 3.55. The highest BCUT2D eigenvalue weighted by Gasteiger charge is 2.39. The summed E-state index contributed by atoms with van der Waals surface area (Å²) < 4.78 is 0. The highest BCUT2D eigenvalue weighted by molar-refractivity contribution is 4.94. The summed E-state index contributed by atoms with van der Waals surface area (Å²) in [5, 5.41) is 3.55. The smallest absolute Gasteiger partial charge is 0.00924 e. The van der Waals surface area contributed by atoms with Gasteiger partial charge in [0, 0.05) is 19.1 Å². The molecule has 88 valence electrons. The second-order valence-electron chi connectivity index (χ2n) is 5.94. The first-order valence-electron chi connectivity index (χ1n) is 6.55. The number of nitrogens with zero attached hydrogens (tertiary/aromatic N) is 1. The van der Waals surface area contributed by atoms with E-state index in [4.69, 9.17) is 0 Å². The molecule has 2 fully saturated rings. The van der Waals surface area contributed by atoms with Crippen LogP contribution in [0.1, 0.15) is 39.5 Å². The maximum Gasteiger partial charge on any atom is 0.00924 e. The standard InChI is InChI=1S/C13H26N2/c1-11(2)13(7-8-14-9-13)10-15(3)12-5-4-6-12/h11-12,14H,4-10H2,1-3H3. The Morgan fingerprint density at radius 2 is 2.13 bits per heavy atom. The fourth-order valence-corrected chi connectivity index (χ4v) is 3.03. The summed E-state index contributed by atoms with van der Waals surface area (Å²) in [7, 11) is 2.33. The lowest BCUT2D eigenvalue weighted by Gasteiger charge is -2.42. The highest BCUT2D eigenvalue weighted by atomic mass is 15.2. The van der Waals surface area contributed by atoms with Gasteiger partial charge in [0.1, 0.15) is 0 Å². The van der Waals surface area contributed by atoms with E-state index in [0.29, 0.717) is 5.41 Å². The van der Waals surface area contributed by atoms with Crippen molar-refractivity contribution in [2.75, 3.05) is 26.7 Å². The minimum Gasteiger partial charge on any atom is -0.316 e. The quantitative estimate of drug-likeness (QED) is 0.764.